The van der Waals surface area contributed by atoms with Crippen molar-refractivity contribution >= 4 is 0 Å². The van der Waals surface area contributed by atoms with Gasteiger partial charge in [-0.3, -0.25) is 0 Å². The summed E-state index contributed by atoms with van der Waals surface area (Å²) in [4.78, 5) is 0. The van der Waals surface area contributed by atoms with Gasteiger partial charge in [0.15, 0.2) is 0 Å². The fourth-order valence-corrected chi connectivity index (χ4v) is 2.28. The third-order valence-electron chi connectivity index (χ3n) is 4.19. The van der Waals surface area contributed by atoms with Crippen LogP contribution in [0.4, 0.5) is 0 Å². The van der Waals surface area contributed by atoms with Crippen LogP contribution in [0.15, 0.2) is 0 Å². The van der Waals surface area contributed by atoms with Crippen molar-refractivity contribution in [2.45, 2.75) is 36.6 Å². The SMILES string of the molecule is C(OC[C@H](OCC1CO1)[C@@H](COCC1CO1)OCC1CO1)C1CO1. The van der Waals surface area contributed by atoms with E-state index in [1.807, 2.05) is 0 Å². The molecule has 4 rings (SSSR count). The van der Waals surface area contributed by atoms with Gasteiger partial charge in [0, 0.05) is 0 Å². The molecule has 6 atom stereocenters. The standard InChI is InChI=1S/C16H26O8/c1(11-3-19-11)17-9-15(23-7-13-5-21-13)16(24-8-14-6-22-14)10-18-2-12-4-20-12/h11-16H,1-10H2/t11?,12?,13?,14?,15-,16+. The quantitative estimate of drug-likeness (QED) is 0.363. The van der Waals surface area contributed by atoms with E-state index in [0.717, 1.165) is 26.4 Å². The van der Waals surface area contributed by atoms with Gasteiger partial charge in [0.05, 0.1) is 66.1 Å². The van der Waals surface area contributed by atoms with Gasteiger partial charge in [-0.2, -0.15) is 0 Å². The minimum absolute atomic E-state index is 0.201. The Kier molecular flexibility index (Phi) is 5.97. The zero-order chi connectivity index (χ0) is 16.2. The second kappa shape index (κ2) is 8.37. The molecule has 0 radical (unpaired) electrons. The highest BCUT2D eigenvalue weighted by Gasteiger charge is 2.33. The number of hydrogen-bond donors (Lipinski definition) is 0. The predicted octanol–water partition coefficient (Wildman–Crippen LogP) is -0.615. The minimum Gasteiger partial charge on any atom is -0.376 e. The Hall–Kier alpha value is -0.320. The first kappa shape index (κ1) is 17.1. The molecule has 0 aromatic carbocycles. The number of rotatable bonds is 15. The first-order valence-corrected chi connectivity index (χ1v) is 8.72. The van der Waals surface area contributed by atoms with Crippen LogP contribution in [0.25, 0.3) is 0 Å². The molecule has 4 heterocycles. The average molecular weight is 346 g/mol. The summed E-state index contributed by atoms with van der Waals surface area (Å²) in [7, 11) is 0. The van der Waals surface area contributed by atoms with Crippen molar-refractivity contribution in [3.05, 3.63) is 0 Å². The normalized spacial score (nSPS) is 35.5. The smallest absolute Gasteiger partial charge is 0.109 e. The van der Waals surface area contributed by atoms with E-state index < -0.39 is 0 Å². The molecular formula is C16H26O8. The molecule has 0 aliphatic carbocycles. The molecule has 0 aromatic heterocycles. The van der Waals surface area contributed by atoms with Crippen molar-refractivity contribution in [2.24, 2.45) is 0 Å². The Labute approximate surface area is 141 Å². The molecule has 8 heteroatoms. The van der Waals surface area contributed by atoms with Gasteiger partial charge in [0.25, 0.3) is 0 Å². The number of hydrogen-bond acceptors (Lipinski definition) is 8. The van der Waals surface area contributed by atoms with Crippen LogP contribution < -0.4 is 0 Å². The fourth-order valence-electron chi connectivity index (χ4n) is 2.28. The highest BCUT2D eigenvalue weighted by atomic mass is 16.6. The van der Waals surface area contributed by atoms with Crippen LogP contribution in [0.5, 0.6) is 0 Å². The van der Waals surface area contributed by atoms with E-state index in [1.54, 1.807) is 0 Å². The monoisotopic (exact) mass is 346 g/mol. The Morgan fingerprint density at radius 1 is 0.583 bits per heavy atom. The van der Waals surface area contributed by atoms with Crippen molar-refractivity contribution in [3.63, 3.8) is 0 Å². The lowest BCUT2D eigenvalue weighted by Gasteiger charge is -2.27. The molecule has 4 saturated heterocycles. The van der Waals surface area contributed by atoms with Gasteiger partial charge in [-0.25, -0.2) is 0 Å². The number of ether oxygens (including phenoxy) is 8. The molecule has 24 heavy (non-hydrogen) atoms. The van der Waals surface area contributed by atoms with Gasteiger partial charge in [-0.1, -0.05) is 0 Å². The van der Waals surface area contributed by atoms with Crippen LogP contribution >= 0.6 is 0 Å². The first-order valence-electron chi connectivity index (χ1n) is 8.72. The molecular weight excluding hydrogens is 320 g/mol. The maximum absolute atomic E-state index is 5.99. The van der Waals surface area contributed by atoms with Crippen molar-refractivity contribution in [1.82, 2.24) is 0 Å². The summed E-state index contributed by atoms with van der Waals surface area (Å²) in [5, 5.41) is 0. The van der Waals surface area contributed by atoms with Gasteiger partial charge in [0.2, 0.25) is 0 Å². The topological polar surface area (TPSA) is 87.0 Å². The second-order valence-electron chi connectivity index (χ2n) is 6.64. The van der Waals surface area contributed by atoms with Gasteiger partial charge < -0.3 is 37.9 Å². The Morgan fingerprint density at radius 2 is 0.917 bits per heavy atom. The molecule has 8 nitrogen and oxygen atoms in total. The first-order chi connectivity index (χ1) is 11.9. The van der Waals surface area contributed by atoms with E-state index in [0.29, 0.717) is 39.6 Å². The van der Waals surface area contributed by atoms with Crippen LogP contribution in [0.3, 0.4) is 0 Å². The molecule has 0 N–H and O–H groups in total. The molecule has 138 valence electrons. The van der Waals surface area contributed by atoms with Crippen molar-refractivity contribution in [1.29, 1.82) is 0 Å². The molecule has 0 bridgehead atoms. The van der Waals surface area contributed by atoms with Crippen LogP contribution in [-0.2, 0) is 37.9 Å². The summed E-state index contributed by atoms with van der Waals surface area (Å²) >= 11 is 0. The zero-order valence-electron chi connectivity index (χ0n) is 13.8. The lowest BCUT2D eigenvalue weighted by molar-refractivity contribution is -0.131. The van der Waals surface area contributed by atoms with Crippen LogP contribution in [0.2, 0.25) is 0 Å². The predicted molar refractivity (Wildman–Crippen MR) is 80.1 cm³/mol. The summed E-state index contributed by atoms with van der Waals surface area (Å²) in [6, 6.07) is 0. The second-order valence-corrected chi connectivity index (χ2v) is 6.64. The van der Waals surface area contributed by atoms with Crippen molar-refractivity contribution in [2.75, 3.05) is 66.1 Å². The van der Waals surface area contributed by atoms with E-state index in [9.17, 15) is 0 Å². The summed E-state index contributed by atoms with van der Waals surface area (Å²) in [6.45, 7) is 6.29. The fraction of sp³-hybridized carbons (Fsp3) is 1.00. The third-order valence-corrected chi connectivity index (χ3v) is 4.19. The lowest BCUT2D eigenvalue weighted by Crippen LogP contribution is -2.41. The number of epoxide rings is 4. The average Bonchev–Trinajstić information content (AvgIpc) is 3.45. The summed E-state index contributed by atoms with van der Waals surface area (Å²) in [6.07, 6.45) is 0.471. The summed E-state index contributed by atoms with van der Waals surface area (Å²) < 4.78 is 44.2. The van der Waals surface area contributed by atoms with Crippen molar-refractivity contribution < 1.29 is 37.9 Å². The van der Waals surface area contributed by atoms with Crippen LogP contribution in [0.1, 0.15) is 0 Å². The summed E-state index contributed by atoms with van der Waals surface area (Å²) in [5.41, 5.74) is 0. The Morgan fingerprint density at radius 3 is 1.25 bits per heavy atom. The zero-order valence-corrected chi connectivity index (χ0v) is 13.8. The highest BCUT2D eigenvalue weighted by Crippen LogP contribution is 2.18. The lowest BCUT2D eigenvalue weighted by atomic mass is 10.2. The molecule has 4 unspecified atom stereocenters. The summed E-state index contributed by atoms with van der Waals surface area (Å²) in [5.74, 6) is 0. The van der Waals surface area contributed by atoms with Gasteiger partial charge in [-0.05, 0) is 0 Å². The maximum atomic E-state index is 5.99. The van der Waals surface area contributed by atoms with E-state index >= 15 is 0 Å². The van der Waals surface area contributed by atoms with E-state index in [-0.39, 0.29) is 36.6 Å². The van der Waals surface area contributed by atoms with Gasteiger partial charge in [-0.15, -0.1) is 0 Å². The molecule has 0 spiro atoms. The van der Waals surface area contributed by atoms with Crippen LogP contribution in [-0.4, -0.2) is 103 Å². The van der Waals surface area contributed by atoms with Gasteiger partial charge >= 0.3 is 0 Å². The molecule has 4 aliphatic rings. The molecule has 0 saturated carbocycles. The minimum atomic E-state index is -0.202. The maximum Gasteiger partial charge on any atom is 0.109 e. The molecule has 0 aromatic rings. The van der Waals surface area contributed by atoms with Crippen LogP contribution in [0, 0.1) is 0 Å². The van der Waals surface area contributed by atoms with Gasteiger partial charge in [0.1, 0.15) is 36.6 Å². The highest BCUT2D eigenvalue weighted by molar-refractivity contribution is 4.78. The van der Waals surface area contributed by atoms with E-state index in [4.69, 9.17) is 37.9 Å². The van der Waals surface area contributed by atoms with Crippen molar-refractivity contribution in [3.8, 4) is 0 Å². The molecule has 0 amide bonds. The largest absolute Gasteiger partial charge is 0.376 e. The Bertz CT molecular complexity index is 342. The van der Waals surface area contributed by atoms with E-state index in [2.05, 4.69) is 0 Å². The molecule has 4 aliphatic heterocycles. The Balaban J connectivity index is 1.24. The third kappa shape index (κ3) is 6.53. The molecule has 4 fully saturated rings. The van der Waals surface area contributed by atoms with E-state index in [1.165, 1.54) is 0 Å².